The maximum atomic E-state index is 11.9. The fraction of sp³-hybridized carbons (Fsp3) is 0.417. The van der Waals surface area contributed by atoms with E-state index in [1.807, 2.05) is 20.8 Å². The third kappa shape index (κ3) is 3.44. The van der Waals surface area contributed by atoms with Gasteiger partial charge in [0.2, 0.25) is 0 Å². The van der Waals surface area contributed by atoms with Crippen molar-refractivity contribution in [2.75, 3.05) is 12.0 Å². The third-order valence-electron chi connectivity index (χ3n) is 2.41. The molecule has 0 unspecified atom stereocenters. The summed E-state index contributed by atoms with van der Waals surface area (Å²) >= 11 is 3.30. The van der Waals surface area contributed by atoms with Crippen molar-refractivity contribution < 1.29 is 14.5 Å². The number of rotatable bonds is 2. The number of benzene rings is 1. The Balaban J connectivity index is 3.41. The molecule has 0 aliphatic rings. The number of amides is 1. The van der Waals surface area contributed by atoms with Gasteiger partial charge in [0.25, 0.3) is 5.69 Å². The summed E-state index contributed by atoms with van der Waals surface area (Å²) in [5.41, 5.74) is -0.268. The van der Waals surface area contributed by atoms with Gasteiger partial charge in [-0.2, -0.15) is 0 Å². The second-order valence-electron chi connectivity index (χ2n) is 4.87. The molecular formula is C12H15BrN2O4. The monoisotopic (exact) mass is 330 g/mol. The molecule has 0 bridgehead atoms. The summed E-state index contributed by atoms with van der Waals surface area (Å²) in [6.45, 7) is 5.44. The number of hydrogen-bond donors (Lipinski definition) is 0. The van der Waals surface area contributed by atoms with Crippen LogP contribution in [-0.4, -0.2) is 23.7 Å². The number of carbonyl (C=O) groups is 1. The Bertz CT molecular complexity index is 511. The molecule has 1 amide bonds. The number of methoxy groups -OCH3 is 1. The first kappa shape index (κ1) is 15.4. The van der Waals surface area contributed by atoms with E-state index in [1.165, 1.54) is 30.2 Å². The van der Waals surface area contributed by atoms with Crippen molar-refractivity contribution in [2.45, 2.75) is 26.3 Å². The number of nitro benzene ring substituents is 1. The standard InChI is InChI=1S/C12H15BrN2O4/c1-12(2,3)14(11(16)19-4)10-7-8(15(17)18)5-6-9(10)13/h5-7H,1-4H3. The van der Waals surface area contributed by atoms with Gasteiger partial charge < -0.3 is 4.74 Å². The summed E-state index contributed by atoms with van der Waals surface area (Å²) in [6.07, 6.45) is -0.575. The van der Waals surface area contributed by atoms with Crippen LogP contribution in [0.15, 0.2) is 22.7 Å². The molecule has 0 aliphatic heterocycles. The smallest absolute Gasteiger partial charge is 0.414 e. The lowest BCUT2D eigenvalue weighted by Crippen LogP contribution is -2.46. The fourth-order valence-corrected chi connectivity index (χ4v) is 2.03. The molecule has 19 heavy (non-hydrogen) atoms. The average molecular weight is 331 g/mol. The quantitative estimate of drug-likeness (QED) is 0.611. The molecule has 1 rings (SSSR count). The molecule has 0 atom stereocenters. The molecule has 7 heteroatoms. The maximum absolute atomic E-state index is 11.9. The van der Waals surface area contributed by atoms with Gasteiger partial charge in [-0.1, -0.05) is 0 Å². The second kappa shape index (κ2) is 5.56. The van der Waals surface area contributed by atoms with Gasteiger partial charge in [0, 0.05) is 22.1 Å². The van der Waals surface area contributed by atoms with Crippen LogP contribution in [0, 0.1) is 10.1 Å². The van der Waals surface area contributed by atoms with Gasteiger partial charge in [-0.05, 0) is 42.8 Å². The fourth-order valence-electron chi connectivity index (χ4n) is 1.61. The van der Waals surface area contributed by atoms with Crippen molar-refractivity contribution in [3.05, 3.63) is 32.8 Å². The largest absolute Gasteiger partial charge is 0.452 e. The molecule has 0 aliphatic carbocycles. The molecule has 0 N–H and O–H groups in total. The van der Waals surface area contributed by atoms with Crippen molar-refractivity contribution in [2.24, 2.45) is 0 Å². The maximum Gasteiger partial charge on any atom is 0.414 e. The van der Waals surface area contributed by atoms with Crippen LogP contribution in [0.25, 0.3) is 0 Å². The molecule has 0 saturated carbocycles. The van der Waals surface area contributed by atoms with Gasteiger partial charge in [-0.25, -0.2) is 4.79 Å². The van der Waals surface area contributed by atoms with Crippen LogP contribution in [0.3, 0.4) is 0 Å². The van der Waals surface area contributed by atoms with Gasteiger partial charge in [0.15, 0.2) is 0 Å². The minimum Gasteiger partial charge on any atom is -0.452 e. The first-order chi connectivity index (χ1) is 8.68. The van der Waals surface area contributed by atoms with Gasteiger partial charge in [0.1, 0.15) is 0 Å². The number of halogens is 1. The summed E-state index contributed by atoms with van der Waals surface area (Å²) in [6, 6.07) is 4.24. The number of ether oxygens (including phenoxy) is 1. The van der Waals surface area contributed by atoms with E-state index in [0.29, 0.717) is 10.2 Å². The molecule has 1 aromatic rings. The average Bonchev–Trinajstić information content (AvgIpc) is 2.29. The van der Waals surface area contributed by atoms with Crippen molar-refractivity contribution in [1.29, 1.82) is 0 Å². The third-order valence-corrected chi connectivity index (χ3v) is 3.08. The molecule has 0 aromatic heterocycles. The summed E-state index contributed by atoms with van der Waals surface area (Å²) in [5, 5.41) is 10.8. The molecule has 104 valence electrons. The predicted octanol–water partition coefficient (Wildman–Crippen LogP) is 3.73. The van der Waals surface area contributed by atoms with E-state index in [4.69, 9.17) is 4.74 Å². The highest BCUT2D eigenvalue weighted by molar-refractivity contribution is 9.10. The lowest BCUT2D eigenvalue weighted by atomic mass is 10.1. The molecule has 0 heterocycles. The van der Waals surface area contributed by atoms with Crippen LogP contribution in [0.1, 0.15) is 20.8 Å². The Hall–Kier alpha value is -1.63. The Morgan fingerprint density at radius 3 is 2.42 bits per heavy atom. The lowest BCUT2D eigenvalue weighted by Gasteiger charge is -2.34. The van der Waals surface area contributed by atoms with E-state index >= 15 is 0 Å². The number of nitrogens with zero attached hydrogens (tertiary/aromatic N) is 2. The Morgan fingerprint density at radius 1 is 1.42 bits per heavy atom. The highest BCUT2D eigenvalue weighted by atomic mass is 79.9. The zero-order valence-corrected chi connectivity index (χ0v) is 12.7. The lowest BCUT2D eigenvalue weighted by molar-refractivity contribution is -0.384. The van der Waals surface area contributed by atoms with Crippen LogP contribution in [0.4, 0.5) is 16.2 Å². The molecule has 1 aromatic carbocycles. The van der Waals surface area contributed by atoms with E-state index in [-0.39, 0.29) is 5.69 Å². The van der Waals surface area contributed by atoms with Crippen LogP contribution in [0.5, 0.6) is 0 Å². The number of hydrogen-bond acceptors (Lipinski definition) is 4. The van der Waals surface area contributed by atoms with Crippen molar-refractivity contribution in [3.8, 4) is 0 Å². The molecular weight excluding hydrogens is 316 g/mol. The summed E-state index contributed by atoms with van der Waals surface area (Å²) in [5.74, 6) is 0. The van der Waals surface area contributed by atoms with Crippen molar-refractivity contribution in [3.63, 3.8) is 0 Å². The summed E-state index contributed by atoms with van der Waals surface area (Å²) < 4.78 is 5.33. The van der Waals surface area contributed by atoms with E-state index < -0.39 is 16.6 Å². The molecule has 0 fully saturated rings. The SMILES string of the molecule is COC(=O)N(c1cc([N+](=O)[O-])ccc1Br)C(C)(C)C. The molecule has 0 saturated heterocycles. The minimum atomic E-state index is -0.579. The summed E-state index contributed by atoms with van der Waals surface area (Å²) in [4.78, 5) is 23.6. The van der Waals surface area contributed by atoms with E-state index in [2.05, 4.69) is 15.9 Å². The van der Waals surface area contributed by atoms with E-state index in [1.54, 1.807) is 0 Å². The highest BCUT2D eigenvalue weighted by Gasteiger charge is 2.31. The number of carbonyl (C=O) groups excluding carboxylic acids is 1. The zero-order valence-electron chi connectivity index (χ0n) is 11.1. The van der Waals surface area contributed by atoms with Crippen molar-refractivity contribution >= 4 is 33.4 Å². The van der Waals surface area contributed by atoms with Gasteiger partial charge in [0.05, 0.1) is 17.7 Å². The zero-order chi connectivity index (χ0) is 14.8. The highest BCUT2D eigenvalue weighted by Crippen LogP contribution is 2.34. The van der Waals surface area contributed by atoms with Crippen LogP contribution in [-0.2, 0) is 4.74 Å². The first-order valence-electron chi connectivity index (χ1n) is 5.50. The van der Waals surface area contributed by atoms with Crippen LogP contribution < -0.4 is 4.90 Å². The molecule has 0 spiro atoms. The number of nitro groups is 1. The number of anilines is 1. The Kier molecular flexibility index (Phi) is 4.52. The normalized spacial score (nSPS) is 11.0. The second-order valence-corrected chi connectivity index (χ2v) is 5.72. The van der Waals surface area contributed by atoms with Gasteiger partial charge >= 0.3 is 6.09 Å². The van der Waals surface area contributed by atoms with Crippen LogP contribution in [0.2, 0.25) is 0 Å². The topological polar surface area (TPSA) is 72.7 Å². The minimum absolute atomic E-state index is 0.0867. The van der Waals surface area contributed by atoms with E-state index in [0.717, 1.165) is 0 Å². The number of non-ortho nitro benzene ring substituents is 1. The Labute approximate surface area is 119 Å². The Morgan fingerprint density at radius 2 is 2.00 bits per heavy atom. The van der Waals surface area contributed by atoms with Gasteiger partial charge in [-0.3, -0.25) is 15.0 Å². The predicted molar refractivity (Wildman–Crippen MR) is 75.4 cm³/mol. The summed E-state index contributed by atoms with van der Waals surface area (Å²) in [7, 11) is 1.27. The van der Waals surface area contributed by atoms with Crippen LogP contribution >= 0.6 is 15.9 Å². The molecule has 0 radical (unpaired) electrons. The van der Waals surface area contributed by atoms with E-state index in [9.17, 15) is 14.9 Å². The first-order valence-corrected chi connectivity index (χ1v) is 6.30. The molecule has 6 nitrogen and oxygen atoms in total. The van der Waals surface area contributed by atoms with Crippen molar-refractivity contribution in [1.82, 2.24) is 0 Å². The van der Waals surface area contributed by atoms with Gasteiger partial charge in [-0.15, -0.1) is 0 Å².